The monoisotopic (exact) mass is 1200 g/mol. The molecule has 6 aromatic rings. The minimum Gasteiger partial charge on any atom is -0.595 e. The number of aromatic amines is 1. The van der Waals surface area contributed by atoms with Crippen LogP contribution in [0.4, 0.5) is 17.1 Å². The third-order valence-electron chi connectivity index (χ3n) is 17.6. The van der Waals surface area contributed by atoms with Crippen molar-refractivity contribution in [2.75, 3.05) is 56.4 Å². The normalized spacial score (nSPS) is 21.6. The number of allylic oxidation sites excluding steroid dienone is 1. The zero-order chi connectivity index (χ0) is 59.6. The molecule has 4 amide bonds. The Labute approximate surface area is 500 Å². The van der Waals surface area contributed by atoms with Gasteiger partial charge >= 0.3 is 0 Å². The van der Waals surface area contributed by atoms with E-state index in [-0.39, 0.29) is 57.2 Å². The van der Waals surface area contributed by atoms with E-state index in [1.807, 2.05) is 30.3 Å². The van der Waals surface area contributed by atoms with Crippen molar-refractivity contribution in [2.24, 2.45) is 11.3 Å². The van der Waals surface area contributed by atoms with E-state index in [0.717, 1.165) is 100 Å². The van der Waals surface area contributed by atoms with Gasteiger partial charge in [0.15, 0.2) is 5.69 Å². The van der Waals surface area contributed by atoms with Crippen LogP contribution in [0.3, 0.4) is 0 Å². The molecule has 5 heterocycles. The van der Waals surface area contributed by atoms with E-state index in [4.69, 9.17) is 16.3 Å². The van der Waals surface area contributed by atoms with Gasteiger partial charge in [0.05, 0.1) is 22.3 Å². The molecule has 448 valence electrons. The number of fused-ring (bicyclic) bond motifs is 2. The van der Waals surface area contributed by atoms with Gasteiger partial charge in [-0.1, -0.05) is 55.3 Å². The minimum atomic E-state index is -4.59. The Bertz CT molecular complexity index is 3640. The number of sulfonamides is 1. The molecule has 8 N–H and O–H groups in total. The summed E-state index contributed by atoms with van der Waals surface area (Å²) in [4.78, 5) is 65.3. The fourth-order valence-electron chi connectivity index (χ4n) is 12.8. The fourth-order valence-corrected chi connectivity index (χ4v) is 13.9. The molecular formula is C63H74ClN11O9S. The topological polar surface area (TPSA) is 258 Å². The minimum absolute atomic E-state index is 0.0679. The maximum absolute atomic E-state index is 14.1. The van der Waals surface area contributed by atoms with Crippen LogP contribution in [0.25, 0.3) is 16.6 Å². The Kier molecular flexibility index (Phi) is 17.8. The van der Waals surface area contributed by atoms with Crippen LogP contribution in [-0.4, -0.2) is 126 Å². The molecule has 0 spiro atoms. The Morgan fingerprint density at radius 2 is 1.74 bits per heavy atom. The van der Waals surface area contributed by atoms with Gasteiger partial charge in [-0.2, -0.15) is 5.23 Å². The first-order valence-electron chi connectivity index (χ1n) is 29.4. The molecule has 0 bridgehead atoms. The summed E-state index contributed by atoms with van der Waals surface area (Å²) in [6, 6.07) is 26.3. The quantitative estimate of drug-likeness (QED) is 0.0204. The summed E-state index contributed by atoms with van der Waals surface area (Å²) in [5.74, 6) is -1.19. The number of rotatable bonds is 20. The highest BCUT2D eigenvalue weighted by atomic mass is 35.5. The molecule has 3 aliphatic heterocycles. The van der Waals surface area contributed by atoms with Gasteiger partial charge in [-0.3, -0.25) is 34.3 Å². The third kappa shape index (κ3) is 13.9. The number of hydrogen-bond donors (Lipinski definition) is 8. The van der Waals surface area contributed by atoms with Crippen molar-refractivity contribution in [1.29, 1.82) is 0 Å². The lowest BCUT2D eigenvalue weighted by Gasteiger charge is -2.45. The first-order valence-corrected chi connectivity index (χ1v) is 31.3. The molecule has 2 saturated heterocycles. The zero-order valence-electron chi connectivity index (χ0n) is 48.1. The van der Waals surface area contributed by atoms with E-state index in [2.05, 4.69) is 84.7 Å². The second-order valence-corrected chi connectivity index (χ2v) is 26.3. The summed E-state index contributed by atoms with van der Waals surface area (Å²) >= 11 is 6.22. The van der Waals surface area contributed by atoms with Crippen molar-refractivity contribution in [3.05, 3.63) is 147 Å². The molecule has 1 saturated carbocycles. The SMILES string of the molecule is C[C@@H]1CN(C2CCC(CNc3ccc(S(=O)(=O)NC(=O)c4ccc(NCCNCC5=C(c6ccc(Cl)cc6)CC(C)(C)CC5)cc4Oc4cnc5[nH]ccc5c4)cc3[NH+]([O-])O)CC2)CCN1Cc1ccc2c(c1)CN(C1CCC(=O)NC1=O)C2=O. The van der Waals surface area contributed by atoms with Gasteiger partial charge in [0.25, 0.3) is 21.8 Å². The first-order chi connectivity index (χ1) is 40.8. The van der Waals surface area contributed by atoms with Crippen LogP contribution in [0.15, 0.2) is 114 Å². The van der Waals surface area contributed by atoms with E-state index in [0.29, 0.717) is 72.4 Å². The number of H-pyrrole nitrogens is 1. The molecule has 2 aromatic heterocycles. The van der Waals surface area contributed by atoms with Crippen molar-refractivity contribution >= 4 is 78.9 Å². The largest absolute Gasteiger partial charge is 0.595 e. The van der Waals surface area contributed by atoms with Gasteiger partial charge in [0.1, 0.15) is 23.2 Å². The molecule has 5 aliphatic rings. The highest BCUT2D eigenvalue weighted by molar-refractivity contribution is 7.90. The number of halogens is 1. The number of nitrogens with one attached hydrogen (secondary N) is 7. The maximum Gasteiger partial charge on any atom is 0.268 e. The molecule has 0 radical (unpaired) electrons. The number of aromatic nitrogens is 2. The summed E-state index contributed by atoms with van der Waals surface area (Å²) in [6.07, 6.45) is 10.8. The number of hydrogen-bond acceptors (Lipinski definition) is 15. The molecule has 20 nitrogen and oxygen atoms in total. The molecule has 22 heteroatoms. The smallest absolute Gasteiger partial charge is 0.268 e. The van der Waals surface area contributed by atoms with Gasteiger partial charge in [-0.05, 0) is 146 Å². The summed E-state index contributed by atoms with van der Waals surface area (Å²) in [6.45, 7) is 13.1. The number of anilines is 2. The first kappa shape index (κ1) is 59.5. The van der Waals surface area contributed by atoms with Crippen molar-refractivity contribution in [1.82, 2.24) is 40.0 Å². The third-order valence-corrected chi connectivity index (χ3v) is 19.2. The average molecular weight is 1200 g/mol. The van der Waals surface area contributed by atoms with Gasteiger partial charge in [-0.15, -0.1) is 0 Å². The fraction of sp³-hybridized carbons (Fsp3) is 0.413. The van der Waals surface area contributed by atoms with Gasteiger partial charge in [0, 0.05) is 117 Å². The zero-order valence-corrected chi connectivity index (χ0v) is 49.7. The average Bonchev–Trinajstić information content (AvgIpc) is 2.61. The molecule has 2 unspecified atom stereocenters. The Morgan fingerprint density at radius 3 is 2.52 bits per heavy atom. The Morgan fingerprint density at radius 1 is 0.929 bits per heavy atom. The number of ether oxygens (including phenoxy) is 1. The Hall–Kier alpha value is -7.21. The summed E-state index contributed by atoms with van der Waals surface area (Å²) in [5.41, 5.74) is 8.00. The van der Waals surface area contributed by atoms with Crippen LogP contribution < -0.4 is 36.0 Å². The molecule has 2 aliphatic carbocycles. The number of quaternary nitrogens is 1. The summed E-state index contributed by atoms with van der Waals surface area (Å²) < 4.78 is 36.4. The van der Waals surface area contributed by atoms with Crippen molar-refractivity contribution < 1.29 is 42.8 Å². The number of carbonyl (C=O) groups excluding carboxylic acids is 4. The van der Waals surface area contributed by atoms with E-state index in [1.54, 1.807) is 29.3 Å². The van der Waals surface area contributed by atoms with Crippen molar-refractivity contribution in [3.8, 4) is 11.5 Å². The number of imide groups is 1. The van der Waals surface area contributed by atoms with E-state index in [9.17, 15) is 38.0 Å². The van der Waals surface area contributed by atoms with E-state index >= 15 is 0 Å². The second-order valence-electron chi connectivity index (χ2n) is 24.1. The summed E-state index contributed by atoms with van der Waals surface area (Å²) in [7, 11) is -4.59. The van der Waals surface area contributed by atoms with Crippen LogP contribution in [0.5, 0.6) is 11.5 Å². The molecule has 11 rings (SSSR count). The lowest BCUT2D eigenvalue weighted by Crippen LogP contribution is -2.99. The molecule has 3 fully saturated rings. The van der Waals surface area contributed by atoms with Crippen LogP contribution in [0, 0.1) is 16.5 Å². The molecule has 4 aromatic carbocycles. The van der Waals surface area contributed by atoms with Crippen molar-refractivity contribution in [2.45, 2.75) is 115 Å². The van der Waals surface area contributed by atoms with E-state index < -0.39 is 33.1 Å². The highest BCUT2D eigenvalue weighted by Crippen LogP contribution is 2.43. The van der Waals surface area contributed by atoms with Crippen LogP contribution in [0.1, 0.15) is 116 Å². The number of benzene rings is 4. The Balaban J connectivity index is 0.674. The van der Waals surface area contributed by atoms with Gasteiger partial charge < -0.3 is 35.8 Å². The molecule has 3 atom stereocenters. The van der Waals surface area contributed by atoms with Crippen LogP contribution in [0.2, 0.25) is 5.02 Å². The number of piperidine rings is 1. The second kappa shape index (κ2) is 25.4. The standard InChI is InChI=1S/C63H74ClN11O9S/c1-39-36-73(27-26-72(39)37-41-6-15-51-45(28-41)38-74(62(51)79)55-18-19-58(76)70-61(55)78)48-12-4-40(5-13-48)33-68-54-17-14-50(31-56(54)75(80)81)85(82,83)71-60(77)52-16-11-47(30-57(52)84-49-29-43-21-23-67-59(43)69-35-49)66-25-24-65-34-44-20-22-63(2,3)32-53(44)42-7-9-46(64)10-8-42/h6-11,14-17,21,23,28-31,35,39-40,48,55,65-66,68,75,80H,4-5,12-13,18-20,22,24-27,32-34,36-38H2,1-3H3,(H,67,69)(H,71,77)(H,70,76,78)/t39-,40?,48?,55?/m1/s1. The number of piperazine rings is 1. The predicted octanol–water partition coefficient (Wildman–Crippen LogP) is 8.13. The summed E-state index contributed by atoms with van der Waals surface area (Å²) in [5, 5.41) is 35.9. The maximum atomic E-state index is 14.1. The van der Waals surface area contributed by atoms with Crippen molar-refractivity contribution in [3.63, 3.8) is 0 Å². The number of nitrogens with zero attached hydrogens (tertiary/aromatic N) is 4. The lowest BCUT2D eigenvalue weighted by atomic mass is 9.72. The number of carbonyl (C=O) groups is 4. The number of amides is 4. The van der Waals surface area contributed by atoms with Gasteiger partial charge in [0.2, 0.25) is 11.8 Å². The van der Waals surface area contributed by atoms with Crippen LogP contribution in [-0.2, 0) is 32.7 Å². The van der Waals surface area contributed by atoms with E-state index in [1.165, 1.54) is 41.1 Å². The van der Waals surface area contributed by atoms with Crippen LogP contribution >= 0.6 is 11.6 Å². The van der Waals surface area contributed by atoms with Gasteiger partial charge in [-0.25, -0.2) is 23.3 Å². The highest BCUT2D eigenvalue weighted by Gasteiger charge is 2.40. The molecular weight excluding hydrogens is 1120 g/mol. The predicted molar refractivity (Wildman–Crippen MR) is 325 cm³/mol. The molecule has 85 heavy (non-hydrogen) atoms. The number of pyridine rings is 1. The lowest BCUT2D eigenvalue weighted by molar-refractivity contribution is -0.990.